The van der Waals surface area contributed by atoms with Gasteiger partial charge in [0.25, 0.3) is 0 Å². The van der Waals surface area contributed by atoms with Gasteiger partial charge in [0.05, 0.1) is 0 Å². The number of hydrogen-bond donors (Lipinski definition) is 0. The van der Waals surface area contributed by atoms with Gasteiger partial charge in [-0.15, -0.1) is 0 Å². The Kier molecular flexibility index (Phi) is 4.89. The van der Waals surface area contributed by atoms with Crippen LogP contribution in [-0.4, -0.2) is 0 Å². The second-order valence-corrected chi connectivity index (χ2v) is 6.56. The summed E-state index contributed by atoms with van der Waals surface area (Å²) in [4.78, 5) is 0. The van der Waals surface area contributed by atoms with E-state index in [0.29, 0.717) is 0 Å². The van der Waals surface area contributed by atoms with E-state index in [4.69, 9.17) is 11.6 Å². The average Bonchev–Trinajstić information content (AvgIpc) is 2.18. The summed E-state index contributed by atoms with van der Waals surface area (Å²) in [6.07, 6.45) is 2.02. The molecule has 0 radical (unpaired) electrons. The van der Waals surface area contributed by atoms with Crippen LogP contribution < -0.4 is 21.2 Å². The molecule has 1 aromatic rings. The molecule has 1 rings (SSSR count). The molecule has 0 nitrogen and oxygen atoms in total. The van der Waals surface area contributed by atoms with Crippen molar-refractivity contribution in [3.05, 3.63) is 44.8 Å². The van der Waals surface area contributed by atoms with Gasteiger partial charge in [-0.05, 0) is 0 Å². The first-order chi connectivity index (χ1) is 6.66. The number of allylic oxidation sites excluding steroid dienone is 1. The SMILES string of the molecule is C/C=C/[I-]C(C)c1cccc(Cl)c1F. The summed E-state index contributed by atoms with van der Waals surface area (Å²) in [6.45, 7) is 4.03. The first-order valence-electron chi connectivity index (χ1n) is 4.34. The molecule has 1 atom stereocenters. The Hall–Kier alpha value is -0.0900. The van der Waals surface area contributed by atoms with Crippen molar-refractivity contribution in [1.29, 1.82) is 0 Å². The van der Waals surface area contributed by atoms with E-state index in [1.807, 2.05) is 26.0 Å². The van der Waals surface area contributed by atoms with E-state index in [0.717, 1.165) is 5.56 Å². The first kappa shape index (κ1) is 12.0. The summed E-state index contributed by atoms with van der Waals surface area (Å²) in [5.41, 5.74) is 0.739. The molecule has 0 aliphatic heterocycles. The molecular formula is C11H12ClFI-. The van der Waals surface area contributed by atoms with Crippen LogP contribution in [0.1, 0.15) is 23.3 Å². The Balaban J connectivity index is 2.89. The molecule has 1 unspecified atom stereocenters. The van der Waals surface area contributed by atoms with Crippen LogP contribution in [0.4, 0.5) is 4.39 Å². The summed E-state index contributed by atoms with van der Waals surface area (Å²) in [5, 5.41) is 0.221. The Morgan fingerprint density at radius 1 is 1.50 bits per heavy atom. The molecular weight excluding hydrogens is 313 g/mol. The van der Waals surface area contributed by atoms with E-state index >= 15 is 0 Å². The van der Waals surface area contributed by atoms with Crippen LogP contribution in [0.2, 0.25) is 5.02 Å². The molecule has 0 heterocycles. The number of rotatable bonds is 3. The minimum atomic E-state index is -0.258. The van der Waals surface area contributed by atoms with Crippen LogP contribution in [0.3, 0.4) is 0 Å². The van der Waals surface area contributed by atoms with E-state index < -0.39 is 0 Å². The maximum absolute atomic E-state index is 13.5. The molecule has 0 amide bonds. The van der Waals surface area contributed by atoms with Crippen molar-refractivity contribution in [2.75, 3.05) is 0 Å². The Morgan fingerprint density at radius 2 is 2.21 bits per heavy atom. The molecule has 1 aromatic carbocycles. The van der Waals surface area contributed by atoms with Crippen molar-refractivity contribution >= 4 is 11.6 Å². The van der Waals surface area contributed by atoms with Gasteiger partial charge in [0, 0.05) is 0 Å². The number of hydrogen-bond acceptors (Lipinski definition) is 0. The van der Waals surface area contributed by atoms with Crippen LogP contribution in [0, 0.1) is 5.82 Å². The standard InChI is InChI=1S/C11H12ClFI/c1-3-7-14-8(2)9-5-4-6-10(12)11(9)13/h3-8H,1-2H3/q-1/b7-3+. The summed E-state index contributed by atoms with van der Waals surface area (Å²) in [7, 11) is 0. The number of alkyl halides is 1. The minimum absolute atomic E-state index is 0.125. The fourth-order valence-electron chi connectivity index (χ4n) is 1.08. The quantitative estimate of drug-likeness (QED) is 0.578. The summed E-state index contributed by atoms with van der Waals surface area (Å²) < 4.78 is 16.0. The molecule has 0 aliphatic carbocycles. The van der Waals surface area contributed by atoms with E-state index in [1.54, 1.807) is 12.1 Å². The zero-order valence-electron chi connectivity index (χ0n) is 8.10. The molecule has 0 spiro atoms. The first-order valence-corrected chi connectivity index (χ1v) is 7.20. The Bertz CT molecular complexity index is 336. The van der Waals surface area contributed by atoms with E-state index in [2.05, 4.69) is 4.08 Å². The van der Waals surface area contributed by atoms with Crippen molar-refractivity contribution in [3.8, 4) is 0 Å². The molecule has 0 aromatic heterocycles. The summed E-state index contributed by atoms with van der Waals surface area (Å²) in [5.74, 6) is -0.258. The predicted molar refractivity (Wildman–Crippen MR) is 54.6 cm³/mol. The Morgan fingerprint density at radius 3 is 2.86 bits per heavy atom. The van der Waals surface area contributed by atoms with Gasteiger partial charge in [-0.25, -0.2) is 0 Å². The van der Waals surface area contributed by atoms with Gasteiger partial charge in [-0.2, -0.15) is 0 Å². The summed E-state index contributed by atoms with van der Waals surface area (Å²) in [6, 6.07) is 5.20. The van der Waals surface area contributed by atoms with Crippen LogP contribution in [0.25, 0.3) is 0 Å². The van der Waals surface area contributed by atoms with Gasteiger partial charge in [0.15, 0.2) is 0 Å². The molecule has 0 N–H and O–H groups in total. The molecule has 0 bridgehead atoms. The van der Waals surface area contributed by atoms with E-state index in [1.165, 1.54) is 0 Å². The third-order valence-corrected chi connectivity index (χ3v) is 4.97. The normalized spacial score (nSPS) is 13.7. The van der Waals surface area contributed by atoms with Crippen molar-refractivity contribution in [2.24, 2.45) is 0 Å². The molecule has 78 valence electrons. The second kappa shape index (κ2) is 5.71. The predicted octanol–water partition coefficient (Wildman–Crippen LogP) is 1.16. The van der Waals surface area contributed by atoms with Crippen molar-refractivity contribution in [1.82, 2.24) is 0 Å². The van der Waals surface area contributed by atoms with Gasteiger partial charge < -0.3 is 0 Å². The molecule has 3 heteroatoms. The van der Waals surface area contributed by atoms with Gasteiger partial charge in [0.2, 0.25) is 0 Å². The van der Waals surface area contributed by atoms with E-state index in [9.17, 15) is 4.39 Å². The van der Waals surface area contributed by atoms with E-state index in [-0.39, 0.29) is 36.0 Å². The fraction of sp³-hybridized carbons (Fsp3) is 0.273. The zero-order chi connectivity index (χ0) is 10.6. The van der Waals surface area contributed by atoms with Gasteiger partial charge in [-0.1, -0.05) is 0 Å². The zero-order valence-corrected chi connectivity index (χ0v) is 11.0. The van der Waals surface area contributed by atoms with Gasteiger partial charge >= 0.3 is 99.7 Å². The molecule has 0 fully saturated rings. The Labute approximate surface area is 99.4 Å². The van der Waals surface area contributed by atoms with Gasteiger partial charge in [-0.3, -0.25) is 0 Å². The van der Waals surface area contributed by atoms with Crippen molar-refractivity contribution < 1.29 is 25.6 Å². The van der Waals surface area contributed by atoms with Crippen LogP contribution in [-0.2, 0) is 0 Å². The summed E-state index contributed by atoms with van der Waals surface area (Å²) >= 11 is 5.59. The van der Waals surface area contributed by atoms with Crippen LogP contribution in [0.15, 0.2) is 28.4 Å². The molecule has 0 aliphatic rings. The molecule has 0 saturated heterocycles. The number of halogens is 3. The average molecular weight is 326 g/mol. The van der Waals surface area contributed by atoms with Gasteiger partial charge in [0.1, 0.15) is 0 Å². The topological polar surface area (TPSA) is 0 Å². The third kappa shape index (κ3) is 2.95. The molecule has 14 heavy (non-hydrogen) atoms. The van der Waals surface area contributed by atoms with Crippen LogP contribution in [0.5, 0.6) is 0 Å². The molecule has 0 saturated carbocycles. The third-order valence-electron chi connectivity index (χ3n) is 1.80. The number of benzene rings is 1. The fourth-order valence-corrected chi connectivity index (χ4v) is 3.17. The van der Waals surface area contributed by atoms with Crippen molar-refractivity contribution in [2.45, 2.75) is 17.8 Å². The van der Waals surface area contributed by atoms with Crippen molar-refractivity contribution in [3.63, 3.8) is 0 Å². The monoisotopic (exact) mass is 325 g/mol. The van der Waals surface area contributed by atoms with Crippen LogP contribution >= 0.6 is 11.6 Å². The second-order valence-electron chi connectivity index (χ2n) is 2.84. The maximum atomic E-state index is 13.5.